The van der Waals surface area contributed by atoms with Crippen LogP contribution in [0.4, 0.5) is 23.2 Å². The van der Waals surface area contributed by atoms with E-state index in [4.69, 9.17) is 0 Å². The fourth-order valence-electron chi connectivity index (χ4n) is 3.77. The molecule has 1 N–H and O–H groups in total. The van der Waals surface area contributed by atoms with Crippen molar-refractivity contribution in [2.45, 2.75) is 37.1 Å². The summed E-state index contributed by atoms with van der Waals surface area (Å²) in [6, 6.07) is 4.21. The number of imidazole rings is 1. The Bertz CT molecular complexity index is 1360. The Labute approximate surface area is 192 Å². The van der Waals surface area contributed by atoms with Crippen molar-refractivity contribution in [3.63, 3.8) is 0 Å². The summed E-state index contributed by atoms with van der Waals surface area (Å²) in [5, 5.41) is 2.37. The van der Waals surface area contributed by atoms with Gasteiger partial charge in [0.2, 0.25) is 5.91 Å². The second-order valence-electron chi connectivity index (χ2n) is 8.09. The van der Waals surface area contributed by atoms with Crippen molar-refractivity contribution in [1.29, 1.82) is 0 Å². The fraction of sp³-hybridized carbons (Fsp3) is 0.333. The molecule has 1 saturated heterocycles. The van der Waals surface area contributed by atoms with E-state index in [2.05, 4.69) is 20.3 Å². The highest BCUT2D eigenvalue weighted by Gasteiger charge is 2.46. The number of hydrogen-bond acceptors (Lipinski definition) is 6. The van der Waals surface area contributed by atoms with Crippen LogP contribution in [0.15, 0.2) is 43.0 Å². The summed E-state index contributed by atoms with van der Waals surface area (Å²) in [5.41, 5.74) is -0.937. The molecule has 0 bridgehead atoms. The number of aromatic nitrogens is 4. The van der Waals surface area contributed by atoms with E-state index in [1.165, 1.54) is 29.4 Å². The van der Waals surface area contributed by atoms with Crippen molar-refractivity contribution in [3.8, 4) is 5.82 Å². The summed E-state index contributed by atoms with van der Waals surface area (Å²) in [6.07, 6.45) is -0.323. The zero-order chi connectivity index (χ0) is 24.7. The lowest BCUT2D eigenvalue weighted by atomic mass is 10.0. The largest absolute Gasteiger partial charge is 0.433 e. The number of halogens is 4. The van der Waals surface area contributed by atoms with E-state index in [-0.39, 0.29) is 28.6 Å². The molecule has 34 heavy (non-hydrogen) atoms. The van der Waals surface area contributed by atoms with Crippen LogP contribution in [0.2, 0.25) is 0 Å². The van der Waals surface area contributed by atoms with Crippen LogP contribution in [0.3, 0.4) is 0 Å². The maximum atomic E-state index is 14.7. The first-order valence-electron chi connectivity index (χ1n) is 10.1. The van der Waals surface area contributed by atoms with Gasteiger partial charge < -0.3 is 5.32 Å². The van der Waals surface area contributed by atoms with Crippen molar-refractivity contribution in [1.82, 2.24) is 19.5 Å². The van der Waals surface area contributed by atoms with Gasteiger partial charge in [0.1, 0.15) is 16.8 Å². The van der Waals surface area contributed by atoms with Gasteiger partial charge in [-0.2, -0.15) is 13.2 Å². The summed E-state index contributed by atoms with van der Waals surface area (Å²) in [4.78, 5) is 23.7. The predicted octanol–water partition coefficient (Wildman–Crippen LogP) is 3.43. The van der Waals surface area contributed by atoms with E-state index >= 15 is 0 Å². The van der Waals surface area contributed by atoms with Crippen molar-refractivity contribution in [3.05, 3.63) is 65.9 Å². The molecule has 0 radical (unpaired) electrons. The molecule has 3 aromatic heterocycles. The first-order chi connectivity index (χ1) is 15.9. The molecule has 0 unspecified atom stereocenters. The molecule has 180 valence electrons. The van der Waals surface area contributed by atoms with Crippen molar-refractivity contribution < 1.29 is 30.8 Å². The highest BCUT2D eigenvalue weighted by atomic mass is 32.2. The number of nitrogens with zero attached hydrogens (tertiary/aromatic N) is 4. The Balaban J connectivity index is 1.48. The van der Waals surface area contributed by atoms with Gasteiger partial charge >= 0.3 is 6.18 Å². The smallest absolute Gasteiger partial charge is 0.324 e. The van der Waals surface area contributed by atoms with Gasteiger partial charge in [-0.15, -0.1) is 0 Å². The summed E-state index contributed by atoms with van der Waals surface area (Å²) < 4.78 is 77.9. The first kappa shape index (κ1) is 23.8. The van der Waals surface area contributed by atoms with Crippen molar-refractivity contribution in [2.24, 2.45) is 0 Å². The maximum Gasteiger partial charge on any atom is 0.433 e. The van der Waals surface area contributed by atoms with Gasteiger partial charge in [0.15, 0.2) is 21.5 Å². The highest BCUT2D eigenvalue weighted by molar-refractivity contribution is 7.92. The lowest BCUT2D eigenvalue weighted by Gasteiger charge is -2.19. The average molecular weight is 497 g/mol. The molecular formula is C21H19F4N5O3S. The quantitative estimate of drug-likeness (QED) is 0.542. The van der Waals surface area contributed by atoms with Gasteiger partial charge in [-0.05, 0) is 31.9 Å². The van der Waals surface area contributed by atoms with Gasteiger partial charge in [0, 0.05) is 12.3 Å². The third kappa shape index (κ3) is 4.52. The van der Waals surface area contributed by atoms with Crippen molar-refractivity contribution >= 4 is 21.4 Å². The summed E-state index contributed by atoms with van der Waals surface area (Å²) in [5.74, 6) is -1.62. The lowest BCUT2D eigenvalue weighted by molar-refractivity contribution is -0.141. The number of carbonyl (C=O) groups excluding carboxylic acids is 1. The molecule has 3 aromatic rings. The fourth-order valence-corrected chi connectivity index (χ4v) is 5.63. The molecule has 4 heterocycles. The van der Waals surface area contributed by atoms with Gasteiger partial charge in [-0.1, -0.05) is 6.07 Å². The van der Waals surface area contributed by atoms with Gasteiger partial charge in [0.05, 0.1) is 35.4 Å². The van der Waals surface area contributed by atoms with E-state index in [0.29, 0.717) is 12.8 Å². The molecule has 1 amide bonds. The number of nitrogens with one attached hydrogen (secondary N) is 1. The predicted molar refractivity (Wildman–Crippen MR) is 113 cm³/mol. The van der Waals surface area contributed by atoms with Crippen LogP contribution in [0, 0.1) is 5.82 Å². The number of hydrogen-bond donors (Lipinski definition) is 1. The Hall–Kier alpha value is -3.35. The molecule has 0 saturated carbocycles. The molecular weight excluding hydrogens is 478 g/mol. The molecule has 4 rings (SSSR count). The number of carbonyl (C=O) groups is 1. The first-order valence-corrected chi connectivity index (χ1v) is 11.8. The molecule has 1 aliphatic rings. The van der Waals surface area contributed by atoms with Crippen LogP contribution in [-0.4, -0.2) is 39.6 Å². The van der Waals surface area contributed by atoms with Gasteiger partial charge in [-0.25, -0.2) is 27.8 Å². The van der Waals surface area contributed by atoms with E-state index in [9.17, 15) is 30.8 Å². The standard InChI is InChI=1S/C21H19F4N5O3S/c1-20(6-3-7-34(20,32)33)17-11-30(12-27-17)19-15(22)8-14(10-26-19)29-18(31)9-13-4-2-5-16(28-13)21(23,24)25/h2,4-5,8,10-12H,3,6-7,9H2,1H3,(H,29,31)/t20-/m0/s1. The Morgan fingerprint density at radius 1 is 1.26 bits per heavy atom. The second kappa shape index (κ2) is 8.46. The number of sulfone groups is 1. The lowest BCUT2D eigenvalue weighted by Crippen LogP contribution is -2.28. The van der Waals surface area contributed by atoms with Crippen molar-refractivity contribution in [2.75, 3.05) is 11.1 Å². The molecule has 0 spiro atoms. The number of alkyl halides is 3. The average Bonchev–Trinajstić information content (AvgIpc) is 3.33. The number of rotatable bonds is 5. The minimum absolute atomic E-state index is 0.0103. The molecule has 8 nitrogen and oxygen atoms in total. The van der Waals surface area contributed by atoms with E-state index in [0.717, 1.165) is 18.2 Å². The SMILES string of the molecule is C[C@@]1(c2cn(-c3ncc(NC(=O)Cc4cccc(C(F)(F)F)n4)cc3F)cn2)CCCS1(=O)=O. The zero-order valence-corrected chi connectivity index (χ0v) is 18.6. The van der Waals surface area contributed by atoms with Crippen LogP contribution in [0.1, 0.15) is 36.8 Å². The molecule has 1 fully saturated rings. The number of anilines is 1. The monoisotopic (exact) mass is 497 g/mol. The third-order valence-electron chi connectivity index (χ3n) is 5.67. The molecule has 1 atom stereocenters. The molecule has 0 aliphatic carbocycles. The summed E-state index contributed by atoms with van der Waals surface area (Å²) in [6.45, 7) is 1.59. The zero-order valence-electron chi connectivity index (χ0n) is 17.8. The minimum atomic E-state index is -4.64. The Morgan fingerprint density at radius 3 is 2.68 bits per heavy atom. The second-order valence-corrected chi connectivity index (χ2v) is 10.6. The normalized spacial score (nSPS) is 19.8. The van der Waals surface area contributed by atoms with Gasteiger partial charge in [-0.3, -0.25) is 9.36 Å². The Morgan fingerprint density at radius 2 is 2.03 bits per heavy atom. The van der Waals surface area contributed by atoms with Crippen LogP contribution < -0.4 is 5.32 Å². The van der Waals surface area contributed by atoms with E-state index in [1.54, 1.807) is 6.92 Å². The minimum Gasteiger partial charge on any atom is -0.324 e. The highest BCUT2D eigenvalue weighted by Crippen LogP contribution is 2.40. The third-order valence-corrected chi connectivity index (χ3v) is 8.28. The van der Waals surface area contributed by atoms with Crippen LogP contribution in [0.25, 0.3) is 5.82 Å². The number of pyridine rings is 2. The van der Waals surface area contributed by atoms with Crippen LogP contribution in [0.5, 0.6) is 0 Å². The molecule has 13 heteroatoms. The van der Waals surface area contributed by atoms with E-state index in [1.807, 2.05) is 0 Å². The Kier molecular flexibility index (Phi) is 5.92. The number of amides is 1. The molecule has 0 aromatic carbocycles. The van der Waals surface area contributed by atoms with Gasteiger partial charge in [0.25, 0.3) is 0 Å². The van der Waals surface area contributed by atoms with E-state index < -0.39 is 44.6 Å². The summed E-state index contributed by atoms with van der Waals surface area (Å²) in [7, 11) is -3.38. The van der Waals surface area contributed by atoms with Crippen LogP contribution in [-0.2, 0) is 32.0 Å². The topological polar surface area (TPSA) is 107 Å². The molecule has 1 aliphatic heterocycles. The van der Waals surface area contributed by atoms with Crippen LogP contribution >= 0.6 is 0 Å². The summed E-state index contributed by atoms with van der Waals surface area (Å²) >= 11 is 0. The maximum absolute atomic E-state index is 14.7.